The molecule has 1 N–H and O–H groups in total. The van der Waals surface area contributed by atoms with Crippen LogP contribution in [0.15, 0.2) is 24.5 Å². The van der Waals surface area contributed by atoms with Crippen molar-refractivity contribution in [2.75, 3.05) is 0 Å². The second-order valence-electron chi connectivity index (χ2n) is 3.54. The van der Waals surface area contributed by atoms with Gasteiger partial charge in [0.1, 0.15) is 5.76 Å². The molecule has 1 atom stereocenters. The van der Waals surface area contributed by atoms with E-state index in [0.29, 0.717) is 5.76 Å². The first-order chi connectivity index (χ1) is 6.43. The largest absolute Gasteiger partial charge is 0.457 e. The molecule has 1 heterocycles. The fourth-order valence-electron chi connectivity index (χ4n) is 1.16. The summed E-state index contributed by atoms with van der Waals surface area (Å²) in [5.41, 5.74) is 0. The number of hydrogen-bond donors (Lipinski definition) is 1. The van der Waals surface area contributed by atoms with Crippen molar-refractivity contribution in [1.82, 2.24) is 0 Å². The van der Waals surface area contributed by atoms with Crippen LogP contribution in [0, 0.1) is 0 Å². The first-order valence-electron chi connectivity index (χ1n) is 4.36. The number of esters is 1. The van der Waals surface area contributed by atoms with Gasteiger partial charge >= 0.3 is 5.97 Å². The quantitative estimate of drug-likeness (QED) is 0.545. The molecule has 4 nitrogen and oxygen atoms in total. The highest BCUT2D eigenvalue weighted by Gasteiger charge is 2.30. The fraction of sp³-hybridized carbons (Fsp3) is 0.500. The number of hydrogen-bond acceptors (Lipinski definition) is 4. The van der Waals surface area contributed by atoms with Gasteiger partial charge in [0, 0.05) is 20.3 Å². The number of carbonyl (C=O) groups is 1. The van der Waals surface area contributed by atoms with E-state index >= 15 is 0 Å². The van der Waals surface area contributed by atoms with Crippen LogP contribution in [0.3, 0.4) is 0 Å². The molecule has 0 saturated heterocycles. The van der Waals surface area contributed by atoms with Gasteiger partial charge in [-0.1, -0.05) is 6.08 Å². The Bertz CT molecular complexity index is 278. The van der Waals surface area contributed by atoms with E-state index in [4.69, 9.17) is 9.47 Å². The molecule has 0 aromatic rings. The Kier molecular flexibility index (Phi) is 2.96. The van der Waals surface area contributed by atoms with E-state index in [-0.39, 0.29) is 6.42 Å². The molecule has 1 aliphatic heterocycles. The van der Waals surface area contributed by atoms with Crippen LogP contribution < -0.4 is 0 Å². The van der Waals surface area contributed by atoms with Crippen LogP contribution >= 0.6 is 0 Å². The minimum atomic E-state index is -0.956. The summed E-state index contributed by atoms with van der Waals surface area (Å²) >= 11 is 0. The number of cyclic esters (lactones) is 1. The van der Waals surface area contributed by atoms with E-state index in [1.165, 1.54) is 12.2 Å². The van der Waals surface area contributed by atoms with Gasteiger partial charge < -0.3 is 14.6 Å². The summed E-state index contributed by atoms with van der Waals surface area (Å²) in [4.78, 5) is 11.1. The van der Waals surface area contributed by atoms with Gasteiger partial charge in [0.25, 0.3) is 0 Å². The molecule has 0 radical (unpaired) electrons. The number of rotatable bonds is 3. The molecule has 1 unspecified atom stereocenters. The first kappa shape index (κ1) is 10.8. The summed E-state index contributed by atoms with van der Waals surface area (Å²) in [5, 5.41) is 9.28. The third-order valence-electron chi connectivity index (χ3n) is 1.68. The molecule has 0 aromatic carbocycles. The second-order valence-corrected chi connectivity index (χ2v) is 3.54. The maximum absolute atomic E-state index is 11.1. The molecule has 1 rings (SSSR count). The maximum Gasteiger partial charge on any atom is 0.337 e. The highest BCUT2D eigenvalue weighted by molar-refractivity contribution is 5.83. The predicted molar refractivity (Wildman–Crippen MR) is 50.2 cm³/mol. The second kappa shape index (κ2) is 3.84. The lowest BCUT2D eigenvalue weighted by molar-refractivity contribution is -0.206. The van der Waals surface area contributed by atoms with Crippen LogP contribution in [0.4, 0.5) is 0 Å². The van der Waals surface area contributed by atoms with Gasteiger partial charge in [0.2, 0.25) is 5.79 Å². The number of aliphatic hydroxyl groups excluding tert-OH is 1. The van der Waals surface area contributed by atoms with E-state index in [1.807, 2.05) is 0 Å². The Hall–Kier alpha value is -1.29. The van der Waals surface area contributed by atoms with Gasteiger partial charge in [0.15, 0.2) is 0 Å². The zero-order chi connectivity index (χ0) is 10.8. The fourth-order valence-corrected chi connectivity index (χ4v) is 1.16. The molecule has 14 heavy (non-hydrogen) atoms. The molecule has 0 aliphatic carbocycles. The van der Waals surface area contributed by atoms with Crippen molar-refractivity contribution in [3.63, 3.8) is 0 Å². The Balaban J connectivity index is 2.69. The lowest BCUT2D eigenvalue weighted by Crippen LogP contribution is -2.34. The van der Waals surface area contributed by atoms with Gasteiger partial charge in [-0.2, -0.15) is 0 Å². The number of ether oxygens (including phenoxy) is 2. The van der Waals surface area contributed by atoms with Crippen LogP contribution in [-0.4, -0.2) is 23.0 Å². The summed E-state index contributed by atoms with van der Waals surface area (Å²) in [6.07, 6.45) is 2.15. The summed E-state index contributed by atoms with van der Waals surface area (Å²) in [6, 6.07) is 0. The maximum atomic E-state index is 11.1. The normalized spacial score (nSPS) is 21.6. The van der Waals surface area contributed by atoms with E-state index in [1.54, 1.807) is 13.8 Å². The SMILES string of the molecule is C=CC(O)CC1=CC(=O)OC(C)(C)O1. The Morgan fingerprint density at radius 3 is 2.79 bits per heavy atom. The number of aliphatic hydroxyl groups is 1. The van der Waals surface area contributed by atoms with Gasteiger partial charge in [-0.25, -0.2) is 4.79 Å². The molecule has 0 bridgehead atoms. The van der Waals surface area contributed by atoms with Gasteiger partial charge in [0.05, 0.1) is 12.2 Å². The highest BCUT2D eigenvalue weighted by atomic mass is 16.7. The Labute approximate surface area is 82.8 Å². The van der Waals surface area contributed by atoms with Crippen molar-refractivity contribution in [3.8, 4) is 0 Å². The van der Waals surface area contributed by atoms with Gasteiger partial charge in [-0.3, -0.25) is 0 Å². The van der Waals surface area contributed by atoms with E-state index < -0.39 is 17.9 Å². The highest BCUT2D eigenvalue weighted by Crippen LogP contribution is 2.24. The molecule has 1 aliphatic rings. The molecule has 0 aromatic heterocycles. The zero-order valence-electron chi connectivity index (χ0n) is 8.32. The van der Waals surface area contributed by atoms with Crippen LogP contribution in [-0.2, 0) is 14.3 Å². The predicted octanol–water partition coefficient (Wildman–Crippen LogP) is 1.12. The average Bonchev–Trinajstić information content (AvgIpc) is 1.99. The molecular formula is C10H14O4. The van der Waals surface area contributed by atoms with Crippen molar-refractivity contribution in [2.24, 2.45) is 0 Å². The summed E-state index contributed by atoms with van der Waals surface area (Å²) in [7, 11) is 0. The van der Waals surface area contributed by atoms with E-state index in [2.05, 4.69) is 6.58 Å². The van der Waals surface area contributed by atoms with Gasteiger partial charge in [-0.05, 0) is 0 Å². The van der Waals surface area contributed by atoms with Crippen LogP contribution in [0.5, 0.6) is 0 Å². The summed E-state index contributed by atoms with van der Waals surface area (Å²) in [6.45, 7) is 6.71. The zero-order valence-corrected chi connectivity index (χ0v) is 8.32. The first-order valence-corrected chi connectivity index (χ1v) is 4.36. The van der Waals surface area contributed by atoms with Crippen molar-refractivity contribution < 1.29 is 19.4 Å². The lowest BCUT2D eigenvalue weighted by atomic mass is 10.2. The smallest absolute Gasteiger partial charge is 0.337 e. The monoisotopic (exact) mass is 198 g/mol. The van der Waals surface area contributed by atoms with Crippen molar-refractivity contribution >= 4 is 5.97 Å². The minimum absolute atomic E-state index is 0.238. The minimum Gasteiger partial charge on any atom is -0.457 e. The molecular weight excluding hydrogens is 184 g/mol. The lowest BCUT2D eigenvalue weighted by Gasteiger charge is -2.31. The number of carbonyl (C=O) groups excluding carboxylic acids is 1. The average molecular weight is 198 g/mol. The molecule has 0 saturated carbocycles. The van der Waals surface area contributed by atoms with Crippen LogP contribution in [0.1, 0.15) is 20.3 Å². The third kappa shape index (κ3) is 2.88. The van der Waals surface area contributed by atoms with E-state index in [9.17, 15) is 9.90 Å². The van der Waals surface area contributed by atoms with Crippen LogP contribution in [0.2, 0.25) is 0 Å². The summed E-state index contributed by atoms with van der Waals surface area (Å²) in [5.74, 6) is -0.992. The van der Waals surface area contributed by atoms with Gasteiger partial charge in [-0.15, -0.1) is 6.58 Å². The standard InChI is InChI=1S/C10H14O4/c1-4-7(11)5-8-6-9(12)14-10(2,3)13-8/h4,6-7,11H,1,5H2,2-3H3. The van der Waals surface area contributed by atoms with Crippen molar-refractivity contribution in [1.29, 1.82) is 0 Å². The topological polar surface area (TPSA) is 55.8 Å². The molecule has 0 spiro atoms. The van der Waals surface area contributed by atoms with Crippen molar-refractivity contribution in [3.05, 3.63) is 24.5 Å². The third-order valence-corrected chi connectivity index (χ3v) is 1.68. The molecule has 0 fully saturated rings. The van der Waals surface area contributed by atoms with Crippen molar-refractivity contribution in [2.45, 2.75) is 32.2 Å². The van der Waals surface area contributed by atoms with E-state index in [0.717, 1.165) is 0 Å². The Morgan fingerprint density at radius 1 is 1.64 bits per heavy atom. The molecule has 0 amide bonds. The molecule has 4 heteroatoms. The summed E-state index contributed by atoms with van der Waals surface area (Å²) < 4.78 is 10.2. The molecule has 78 valence electrons. The Morgan fingerprint density at radius 2 is 2.29 bits per heavy atom. The van der Waals surface area contributed by atoms with Crippen LogP contribution in [0.25, 0.3) is 0 Å².